The Hall–Kier alpha value is -2.16. The summed E-state index contributed by atoms with van der Waals surface area (Å²) in [5.41, 5.74) is 3.51. The molecule has 0 unspecified atom stereocenters. The second kappa shape index (κ2) is 12.7. The molecule has 0 aromatic heterocycles. The van der Waals surface area contributed by atoms with Gasteiger partial charge in [0.25, 0.3) is 0 Å². The van der Waals surface area contributed by atoms with Gasteiger partial charge >= 0.3 is 0 Å². The molecule has 190 valence electrons. The van der Waals surface area contributed by atoms with E-state index in [-0.39, 0.29) is 11.7 Å². The molecular weight excluding hydrogens is 438 g/mol. The summed E-state index contributed by atoms with van der Waals surface area (Å²) in [5.74, 6) is 0.703. The highest BCUT2D eigenvalue weighted by atomic mass is 19.2. The topological polar surface area (TPSA) is 9.23 Å². The summed E-state index contributed by atoms with van der Waals surface area (Å²) in [6.45, 7) is 2.24. The van der Waals surface area contributed by atoms with E-state index < -0.39 is 11.6 Å². The van der Waals surface area contributed by atoms with Crippen LogP contribution in [0.4, 0.5) is 8.78 Å². The first-order chi connectivity index (χ1) is 17.1. The summed E-state index contributed by atoms with van der Waals surface area (Å²) in [7, 11) is 1.37. The van der Waals surface area contributed by atoms with Crippen molar-refractivity contribution in [3.8, 4) is 5.75 Å². The van der Waals surface area contributed by atoms with Crippen LogP contribution in [0.2, 0.25) is 0 Å². The Balaban J connectivity index is 1.15. The first kappa shape index (κ1) is 25.9. The normalized spacial score (nSPS) is 25.1. The van der Waals surface area contributed by atoms with E-state index in [1.807, 2.05) is 0 Å². The van der Waals surface area contributed by atoms with Crippen LogP contribution in [0.3, 0.4) is 0 Å². The van der Waals surface area contributed by atoms with Crippen molar-refractivity contribution >= 4 is 0 Å². The Morgan fingerprint density at radius 3 is 2.17 bits per heavy atom. The summed E-state index contributed by atoms with van der Waals surface area (Å²) in [6.07, 6.45) is 18.9. The highest BCUT2D eigenvalue weighted by Gasteiger charge is 2.26. The Morgan fingerprint density at radius 1 is 0.829 bits per heavy atom. The van der Waals surface area contributed by atoms with Crippen LogP contribution >= 0.6 is 0 Å². The van der Waals surface area contributed by atoms with E-state index in [9.17, 15) is 8.78 Å². The van der Waals surface area contributed by atoms with Crippen LogP contribution in [0.1, 0.15) is 106 Å². The van der Waals surface area contributed by atoms with Gasteiger partial charge in [-0.15, -0.1) is 0 Å². The van der Waals surface area contributed by atoms with Gasteiger partial charge in [0.15, 0.2) is 11.6 Å². The highest BCUT2D eigenvalue weighted by molar-refractivity contribution is 5.33. The fourth-order valence-corrected chi connectivity index (χ4v) is 6.29. The van der Waals surface area contributed by atoms with Crippen LogP contribution in [0.15, 0.2) is 48.6 Å². The predicted molar refractivity (Wildman–Crippen MR) is 141 cm³/mol. The van der Waals surface area contributed by atoms with Crippen molar-refractivity contribution in [2.75, 3.05) is 7.11 Å². The van der Waals surface area contributed by atoms with Gasteiger partial charge in [-0.3, -0.25) is 0 Å². The monoisotopic (exact) mass is 480 g/mol. The van der Waals surface area contributed by atoms with Gasteiger partial charge in [-0.25, -0.2) is 4.39 Å². The molecule has 3 heteroatoms. The molecule has 2 aromatic carbocycles. The lowest BCUT2D eigenvalue weighted by atomic mass is 9.76. The number of benzene rings is 2. The summed E-state index contributed by atoms with van der Waals surface area (Å²) < 4.78 is 33.4. The minimum Gasteiger partial charge on any atom is -0.494 e. The van der Waals surface area contributed by atoms with Crippen LogP contribution in [0, 0.1) is 23.5 Å². The molecule has 35 heavy (non-hydrogen) atoms. The fraction of sp³-hybridized carbons (Fsp3) is 0.562. The first-order valence-corrected chi connectivity index (χ1v) is 13.9. The SMILES string of the molecule is CCCc1ccc(C2CCC(/C=C/CCC3CCC(c4ccc(OC)c(F)c4F)CC3)CC2)cc1. The molecule has 0 atom stereocenters. The maximum absolute atomic E-state index is 14.5. The number of methoxy groups -OCH3 is 1. The molecular formula is C32H42F2O. The highest BCUT2D eigenvalue weighted by Crippen LogP contribution is 2.40. The molecule has 0 bridgehead atoms. The molecule has 2 aromatic rings. The maximum Gasteiger partial charge on any atom is 0.200 e. The van der Waals surface area contributed by atoms with Crippen LogP contribution in [0.5, 0.6) is 5.75 Å². The van der Waals surface area contributed by atoms with Crippen molar-refractivity contribution in [1.29, 1.82) is 0 Å². The van der Waals surface area contributed by atoms with Crippen molar-refractivity contribution in [2.45, 2.75) is 95.8 Å². The fourth-order valence-electron chi connectivity index (χ4n) is 6.29. The maximum atomic E-state index is 14.5. The lowest BCUT2D eigenvalue weighted by Crippen LogP contribution is -2.15. The summed E-state index contributed by atoms with van der Waals surface area (Å²) in [5, 5.41) is 0. The Labute approximate surface area is 211 Å². The van der Waals surface area contributed by atoms with Gasteiger partial charge in [0.1, 0.15) is 0 Å². The van der Waals surface area contributed by atoms with Crippen molar-refractivity contribution in [1.82, 2.24) is 0 Å². The number of halogens is 2. The molecule has 0 heterocycles. The third kappa shape index (κ3) is 6.74. The number of allylic oxidation sites excluding steroid dienone is 2. The van der Waals surface area contributed by atoms with Gasteiger partial charge in [-0.05, 0) is 117 Å². The molecule has 4 rings (SSSR count). The zero-order chi connectivity index (χ0) is 24.6. The van der Waals surface area contributed by atoms with E-state index in [1.54, 1.807) is 12.1 Å². The number of aryl methyl sites for hydroxylation is 1. The van der Waals surface area contributed by atoms with E-state index in [2.05, 4.69) is 43.3 Å². The number of hydrogen-bond donors (Lipinski definition) is 0. The second-order valence-electron chi connectivity index (χ2n) is 10.8. The van der Waals surface area contributed by atoms with Crippen molar-refractivity contribution in [2.24, 2.45) is 11.8 Å². The molecule has 0 radical (unpaired) electrons. The van der Waals surface area contributed by atoms with Crippen molar-refractivity contribution in [3.63, 3.8) is 0 Å². The van der Waals surface area contributed by atoms with E-state index >= 15 is 0 Å². The van der Waals surface area contributed by atoms with E-state index in [0.29, 0.717) is 11.5 Å². The molecule has 0 spiro atoms. The molecule has 1 nitrogen and oxygen atoms in total. The molecule has 0 aliphatic heterocycles. The summed E-state index contributed by atoms with van der Waals surface area (Å²) >= 11 is 0. The molecule has 2 aliphatic carbocycles. The molecule has 0 amide bonds. The Kier molecular flexibility index (Phi) is 9.40. The Morgan fingerprint density at radius 2 is 1.51 bits per heavy atom. The van der Waals surface area contributed by atoms with Gasteiger partial charge in [-0.2, -0.15) is 4.39 Å². The van der Waals surface area contributed by atoms with Crippen LogP contribution in [0.25, 0.3) is 0 Å². The largest absolute Gasteiger partial charge is 0.494 e. The van der Waals surface area contributed by atoms with Gasteiger partial charge in [0, 0.05) is 0 Å². The van der Waals surface area contributed by atoms with Crippen molar-refractivity contribution < 1.29 is 13.5 Å². The van der Waals surface area contributed by atoms with Crippen LogP contribution in [-0.4, -0.2) is 7.11 Å². The van der Waals surface area contributed by atoms with Gasteiger partial charge < -0.3 is 4.74 Å². The van der Waals surface area contributed by atoms with Crippen LogP contribution in [-0.2, 0) is 6.42 Å². The summed E-state index contributed by atoms with van der Waals surface area (Å²) in [6, 6.07) is 12.6. The molecule has 0 saturated heterocycles. The number of rotatable bonds is 9. The second-order valence-corrected chi connectivity index (χ2v) is 10.8. The van der Waals surface area contributed by atoms with E-state index in [4.69, 9.17) is 4.74 Å². The minimum absolute atomic E-state index is 0.0127. The van der Waals surface area contributed by atoms with Gasteiger partial charge in [0.05, 0.1) is 7.11 Å². The molecule has 2 saturated carbocycles. The zero-order valence-corrected chi connectivity index (χ0v) is 21.6. The standard InChI is InChI=1S/C32H42F2O/c1-3-6-23-9-15-26(16-10-23)27-17-11-24(12-18-27)7-4-5-8-25-13-19-28(20-14-25)29-21-22-30(35-2)32(34)31(29)33/h4,7,9-10,15-16,21-22,24-25,27-28H,3,5-6,8,11-14,17-20H2,1-2H3/b7-4+. The third-order valence-electron chi connectivity index (χ3n) is 8.49. The Bertz CT molecular complexity index is 948. The number of ether oxygens (including phenoxy) is 1. The lowest BCUT2D eigenvalue weighted by molar-refractivity contribution is 0.304. The minimum atomic E-state index is -0.851. The summed E-state index contributed by atoms with van der Waals surface area (Å²) in [4.78, 5) is 0. The van der Waals surface area contributed by atoms with Crippen LogP contribution < -0.4 is 4.74 Å². The number of hydrogen-bond acceptors (Lipinski definition) is 1. The third-order valence-corrected chi connectivity index (χ3v) is 8.49. The van der Waals surface area contributed by atoms with Gasteiger partial charge in [0.2, 0.25) is 5.82 Å². The smallest absolute Gasteiger partial charge is 0.200 e. The predicted octanol–water partition coefficient (Wildman–Crippen LogP) is 9.51. The lowest BCUT2D eigenvalue weighted by Gasteiger charge is -2.29. The van der Waals surface area contributed by atoms with E-state index in [0.717, 1.165) is 43.9 Å². The van der Waals surface area contributed by atoms with Crippen molar-refractivity contribution in [3.05, 3.63) is 76.9 Å². The average Bonchev–Trinajstić information content (AvgIpc) is 2.90. The quantitative estimate of drug-likeness (QED) is 0.325. The molecule has 2 fully saturated rings. The zero-order valence-electron chi connectivity index (χ0n) is 21.6. The van der Waals surface area contributed by atoms with Gasteiger partial charge in [-0.1, -0.05) is 55.8 Å². The molecule has 0 N–H and O–H groups in total. The van der Waals surface area contributed by atoms with E-state index in [1.165, 1.54) is 63.2 Å². The first-order valence-electron chi connectivity index (χ1n) is 13.9. The molecule has 2 aliphatic rings. The average molecular weight is 481 g/mol.